The van der Waals surface area contributed by atoms with Crippen LogP contribution >= 0.6 is 35.0 Å². The Labute approximate surface area is 162 Å². The number of carbonyl (C=O) groups is 1. The van der Waals surface area contributed by atoms with Gasteiger partial charge in [-0.1, -0.05) is 23.2 Å². The van der Waals surface area contributed by atoms with E-state index in [0.29, 0.717) is 15.8 Å². The van der Waals surface area contributed by atoms with Gasteiger partial charge in [0.05, 0.1) is 16.5 Å². The lowest BCUT2D eigenvalue weighted by Gasteiger charge is -2.29. The molecule has 2 aromatic rings. The molecule has 1 heterocycles. The van der Waals surface area contributed by atoms with Crippen LogP contribution in [0, 0.1) is 0 Å². The summed E-state index contributed by atoms with van der Waals surface area (Å²) in [4.78, 5) is 15.5. The largest absolute Gasteiger partial charge is 0.370 e. The molecule has 1 amide bonds. The summed E-state index contributed by atoms with van der Waals surface area (Å²) in [6.07, 6.45) is 3.70. The van der Waals surface area contributed by atoms with E-state index >= 15 is 0 Å². The molecule has 1 saturated heterocycles. The van der Waals surface area contributed by atoms with Crippen molar-refractivity contribution in [3.8, 4) is 0 Å². The summed E-state index contributed by atoms with van der Waals surface area (Å²) in [5.41, 5.74) is 1.78. The fraction of sp³-hybridized carbons (Fsp3) is 0.316. The Kier molecular flexibility index (Phi) is 6.51. The number of nitrogens with zero attached hydrogens (tertiary/aromatic N) is 1. The van der Waals surface area contributed by atoms with Crippen LogP contribution in [0.3, 0.4) is 0 Å². The molecule has 3 nitrogen and oxygen atoms in total. The SMILES string of the molecule is O=C(CSc1ccc(Cl)cc1)Nc1ccc(N2CCCCC2)c(Cl)c1. The van der Waals surface area contributed by atoms with Crippen LogP contribution in [0.4, 0.5) is 11.4 Å². The third-order valence-corrected chi connectivity index (χ3v) is 5.68. The van der Waals surface area contributed by atoms with Crippen molar-refractivity contribution in [3.63, 3.8) is 0 Å². The van der Waals surface area contributed by atoms with Crippen molar-refractivity contribution in [3.05, 3.63) is 52.5 Å². The number of rotatable bonds is 5. The molecule has 3 rings (SSSR count). The number of nitrogens with one attached hydrogen (secondary N) is 1. The average molecular weight is 395 g/mol. The number of anilines is 2. The summed E-state index contributed by atoms with van der Waals surface area (Å²) >= 11 is 13.8. The Morgan fingerprint density at radius 3 is 2.44 bits per heavy atom. The second-order valence-electron chi connectivity index (χ2n) is 6.00. The molecule has 0 aliphatic carbocycles. The van der Waals surface area contributed by atoms with Crippen molar-refractivity contribution in [2.24, 2.45) is 0 Å². The summed E-state index contributed by atoms with van der Waals surface area (Å²) in [5, 5.41) is 4.28. The van der Waals surface area contributed by atoms with Crippen molar-refractivity contribution in [2.45, 2.75) is 24.2 Å². The highest BCUT2D eigenvalue weighted by Crippen LogP contribution is 2.31. The molecule has 0 radical (unpaired) electrons. The average Bonchev–Trinajstić information content (AvgIpc) is 2.62. The first-order valence-electron chi connectivity index (χ1n) is 8.34. The van der Waals surface area contributed by atoms with Gasteiger partial charge in [0.15, 0.2) is 0 Å². The highest BCUT2D eigenvalue weighted by atomic mass is 35.5. The van der Waals surface area contributed by atoms with Crippen LogP contribution in [0.15, 0.2) is 47.4 Å². The number of halogens is 2. The molecular weight excluding hydrogens is 375 g/mol. The molecule has 132 valence electrons. The molecule has 0 atom stereocenters. The van der Waals surface area contributed by atoms with Gasteiger partial charge in [-0.15, -0.1) is 11.8 Å². The van der Waals surface area contributed by atoms with E-state index in [9.17, 15) is 4.79 Å². The van der Waals surface area contributed by atoms with E-state index in [-0.39, 0.29) is 5.91 Å². The zero-order chi connectivity index (χ0) is 17.6. The van der Waals surface area contributed by atoms with Crippen LogP contribution in [0.25, 0.3) is 0 Å². The Balaban J connectivity index is 1.55. The molecule has 1 N–H and O–H groups in total. The quantitative estimate of drug-likeness (QED) is 0.658. The maximum Gasteiger partial charge on any atom is 0.234 e. The second kappa shape index (κ2) is 8.84. The molecule has 0 spiro atoms. The van der Waals surface area contributed by atoms with Gasteiger partial charge in [-0.2, -0.15) is 0 Å². The topological polar surface area (TPSA) is 32.3 Å². The summed E-state index contributed by atoms with van der Waals surface area (Å²) in [6, 6.07) is 13.2. The van der Waals surface area contributed by atoms with Crippen molar-refractivity contribution in [1.29, 1.82) is 0 Å². The van der Waals surface area contributed by atoms with Crippen LogP contribution in [0.2, 0.25) is 10.0 Å². The van der Waals surface area contributed by atoms with E-state index in [2.05, 4.69) is 10.2 Å². The first kappa shape index (κ1) is 18.4. The normalized spacial score (nSPS) is 14.4. The first-order valence-corrected chi connectivity index (χ1v) is 10.1. The predicted octanol–water partition coefficient (Wildman–Crippen LogP) is 5.71. The van der Waals surface area contributed by atoms with Gasteiger partial charge in [-0.25, -0.2) is 0 Å². The van der Waals surface area contributed by atoms with Gasteiger partial charge in [0.25, 0.3) is 0 Å². The van der Waals surface area contributed by atoms with Gasteiger partial charge in [0.2, 0.25) is 5.91 Å². The highest BCUT2D eigenvalue weighted by Gasteiger charge is 2.14. The Morgan fingerprint density at radius 1 is 1.04 bits per heavy atom. The predicted molar refractivity (Wildman–Crippen MR) is 108 cm³/mol. The summed E-state index contributed by atoms with van der Waals surface area (Å²) in [5.74, 6) is 0.286. The number of thioether (sulfide) groups is 1. The summed E-state index contributed by atoms with van der Waals surface area (Å²) in [6.45, 7) is 2.09. The standard InChI is InChI=1S/C19H20Cl2N2OS/c20-14-4-7-16(8-5-14)25-13-19(24)22-15-6-9-18(17(21)12-15)23-10-2-1-3-11-23/h4-9,12H,1-3,10-11,13H2,(H,22,24). The van der Waals surface area contributed by atoms with Gasteiger partial charge in [-0.05, 0) is 61.7 Å². The van der Waals surface area contributed by atoms with Crippen LogP contribution < -0.4 is 10.2 Å². The lowest BCUT2D eigenvalue weighted by Crippen LogP contribution is -2.29. The minimum absolute atomic E-state index is 0.0539. The summed E-state index contributed by atoms with van der Waals surface area (Å²) < 4.78 is 0. The summed E-state index contributed by atoms with van der Waals surface area (Å²) in [7, 11) is 0. The zero-order valence-corrected chi connectivity index (χ0v) is 16.1. The van der Waals surface area contributed by atoms with E-state index in [1.807, 2.05) is 42.5 Å². The second-order valence-corrected chi connectivity index (χ2v) is 7.90. The fourth-order valence-corrected chi connectivity index (χ4v) is 3.98. The molecule has 0 saturated carbocycles. The van der Waals surface area contributed by atoms with Gasteiger partial charge >= 0.3 is 0 Å². The van der Waals surface area contributed by atoms with Crippen LogP contribution in [-0.2, 0) is 4.79 Å². The number of amides is 1. The maximum atomic E-state index is 12.1. The van der Waals surface area contributed by atoms with E-state index < -0.39 is 0 Å². The number of piperidine rings is 1. The third kappa shape index (κ3) is 5.30. The first-order chi connectivity index (χ1) is 12.1. The molecule has 0 unspecified atom stereocenters. The van der Waals surface area contributed by atoms with Crippen molar-refractivity contribution < 1.29 is 4.79 Å². The smallest absolute Gasteiger partial charge is 0.234 e. The van der Waals surface area contributed by atoms with E-state index in [1.165, 1.54) is 31.0 Å². The maximum absolute atomic E-state index is 12.1. The molecule has 0 bridgehead atoms. The van der Waals surface area contributed by atoms with Gasteiger partial charge in [0, 0.05) is 28.7 Å². The van der Waals surface area contributed by atoms with Crippen molar-refractivity contribution in [1.82, 2.24) is 0 Å². The van der Waals surface area contributed by atoms with Gasteiger partial charge in [0.1, 0.15) is 0 Å². The van der Waals surface area contributed by atoms with Crippen LogP contribution in [0.5, 0.6) is 0 Å². The Hall–Kier alpha value is -1.36. The number of hydrogen-bond donors (Lipinski definition) is 1. The lowest BCUT2D eigenvalue weighted by atomic mass is 10.1. The molecule has 1 aliphatic rings. The van der Waals surface area contributed by atoms with Gasteiger partial charge < -0.3 is 10.2 Å². The third-order valence-electron chi connectivity index (χ3n) is 4.11. The van der Waals surface area contributed by atoms with Gasteiger partial charge in [-0.3, -0.25) is 4.79 Å². The minimum Gasteiger partial charge on any atom is -0.370 e. The number of hydrogen-bond acceptors (Lipinski definition) is 3. The molecule has 2 aromatic carbocycles. The minimum atomic E-state index is -0.0539. The van der Waals surface area contributed by atoms with Crippen molar-refractivity contribution in [2.75, 3.05) is 29.1 Å². The molecule has 0 aromatic heterocycles. The van der Waals surface area contributed by atoms with Crippen LogP contribution in [-0.4, -0.2) is 24.7 Å². The van der Waals surface area contributed by atoms with E-state index in [0.717, 1.165) is 29.4 Å². The van der Waals surface area contributed by atoms with E-state index in [4.69, 9.17) is 23.2 Å². The van der Waals surface area contributed by atoms with E-state index in [1.54, 1.807) is 0 Å². The molecule has 6 heteroatoms. The Bertz CT molecular complexity index is 731. The molecule has 1 fully saturated rings. The Morgan fingerprint density at radius 2 is 1.76 bits per heavy atom. The monoisotopic (exact) mass is 394 g/mol. The lowest BCUT2D eigenvalue weighted by molar-refractivity contribution is -0.113. The zero-order valence-electron chi connectivity index (χ0n) is 13.8. The number of benzene rings is 2. The van der Waals surface area contributed by atoms with Crippen LogP contribution in [0.1, 0.15) is 19.3 Å². The molecule has 25 heavy (non-hydrogen) atoms. The fourth-order valence-electron chi connectivity index (χ4n) is 2.85. The highest BCUT2D eigenvalue weighted by molar-refractivity contribution is 8.00. The van der Waals surface area contributed by atoms with Crippen molar-refractivity contribution >= 4 is 52.2 Å². The molecule has 1 aliphatic heterocycles. The molecular formula is C19H20Cl2N2OS. The number of carbonyl (C=O) groups excluding carboxylic acids is 1.